The zero-order chi connectivity index (χ0) is 30.1. The van der Waals surface area contributed by atoms with Gasteiger partial charge in [0, 0.05) is 49.0 Å². The van der Waals surface area contributed by atoms with Crippen LogP contribution in [0.15, 0.2) is 47.0 Å². The Morgan fingerprint density at radius 1 is 1.14 bits per heavy atom. The molecule has 8 heteroatoms. The van der Waals surface area contributed by atoms with Gasteiger partial charge < -0.3 is 36.5 Å². The van der Waals surface area contributed by atoms with Crippen molar-refractivity contribution in [3.8, 4) is 11.8 Å². The van der Waals surface area contributed by atoms with E-state index in [4.69, 9.17) is 5.73 Å². The molecule has 6 aliphatic carbocycles. The summed E-state index contributed by atoms with van der Waals surface area (Å²) in [5.41, 5.74) is 6.83. The van der Waals surface area contributed by atoms with E-state index in [-0.39, 0.29) is 59.9 Å². The van der Waals surface area contributed by atoms with Crippen LogP contribution >= 0.6 is 0 Å². The molecule has 8 N–H and O–H groups in total. The van der Waals surface area contributed by atoms with Crippen molar-refractivity contribution in [3.63, 3.8) is 0 Å². The summed E-state index contributed by atoms with van der Waals surface area (Å²) in [4.78, 5) is 7.74. The SMILES string of the molecule is CN=C(N)NC1C#CC2CC(CCO)C=C(Cc3cc4ccccc4[nH]3)C23CC2CCC3C3C(CC(O)C3(O)C1)C2(C)O. The van der Waals surface area contributed by atoms with Crippen molar-refractivity contribution >= 4 is 16.9 Å². The molecular formula is C35H46N4O4. The second-order valence-electron chi connectivity index (χ2n) is 14.3. The molecule has 8 nitrogen and oxygen atoms in total. The molecule has 1 aromatic heterocycles. The predicted octanol–water partition coefficient (Wildman–Crippen LogP) is 2.86. The number of hydrogen-bond donors (Lipinski definition) is 7. The van der Waals surface area contributed by atoms with Crippen LogP contribution in [-0.2, 0) is 6.42 Å². The monoisotopic (exact) mass is 586 g/mol. The number of hydrogen-bond acceptors (Lipinski definition) is 5. The van der Waals surface area contributed by atoms with E-state index in [0.29, 0.717) is 12.8 Å². The number of nitrogens with zero attached hydrogens (tertiary/aromatic N) is 1. The Morgan fingerprint density at radius 2 is 1.95 bits per heavy atom. The van der Waals surface area contributed by atoms with Crippen LogP contribution in [0.25, 0.3) is 10.9 Å². The quantitative estimate of drug-likeness (QED) is 0.124. The normalized spacial score (nSPS) is 43.5. The van der Waals surface area contributed by atoms with E-state index < -0.39 is 23.3 Å². The summed E-state index contributed by atoms with van der Waals surface area (Å²) < 4.78 is 0. The van der Waals surface area contributed by atoms with Crippen LogP contribution in [0.2, 0.25) is 0 Å². The molecular weight excluding hydrogens is 540 g/mol. The Balaban J connectivity index is 1.44. The van der Waals surface area contributed by atoms with Gasteiger partial charge >= 0.3 is 0 Å². The van der Waals surface area contributed by atoms with Crippen molar-refractivity contribution < 1.29 is 20.4 Å². The number of aliphatic hydroxyl groups is 4. The molecule has 0 aliphatic heterocycles. The van der Waals surface area contributed by atoms with Gasteiger partial charge in [-0.2, -0.15) is 0 Å². The first-order chi connectivity index (χ1) is 20.6. The summed E-state index contributed by atoms with van der Waals surface area (Å²) in [7, 11) is 1.61. The van der Waals surface area contributed by atoms with Gasteiger partial charge in [0.25, 0.3) is 0 Å². The Kier molecular flexibility index (Phi) is 6.98. The van der Waals surface area contributed by atoms with E-state index in [0.717, 1.165) is 43.3 Å². The van der Waals surface area contributed by atoms with E-state index in [9.17, 15) is 20.4 Å². The highest BCUT2D eigenvalue weighted by atomic mass is 16.3. The molecule has 11 atom stereocenters. The van der Waals surface area contributed by atoms with Gasteiger partial charge in [-0.1, -0.05) is 41.7 Å². The fourth-order valence-corrected chi connectivity index (χ4v) is 10.4. The largest absolute Gasteiger partial charge is 0.396 e. The average Bonchev–Trinajstić information content (AvgIpc) is 3.46. The highest BCUT2D eigenvalue weighted by Crippen LogP contribution is 2.70. The minimum absolute atomic E-state index is 0.0278. The molecule has 4 fully saturated rings. The lowest BCUT2D eigenvalue weighted by Gasteiger charge is -2.56. The topological polar surface area (TPSA) is 147 Å². The number of aromatic nitrogens is 1. The minimum Gasteiger partial charge on any atom is -0.396 e. The summed E-state index contributed by atoms with van der Waals surface area (Å²) in [6.07, 6.45) is 6.79. The molecule has 4 saturated carbocycles. The lowest BCUT2D eigenvalue weighted by atomic mass is 9.48. The first kappa shape index (κ1) is 28.9. The third-order valence-corrected chi connectivity index (χ3v) is 12.3. The van der Waals surface area contributed by atoms with Gasteiger partial charge in [0.05, 0.1) is 23.3 Å². The molecule has 230 valence electrons. The molecule has 2 aromatic rings. The van der Waals surface area contributed by atoms with Gasteiger partial charge in [-0.05, 0) is 92.6 Å². The summed E-state index contributed by atoms with van der Waals surface area (Å²) in [6, 6.07) is 10.1. The van der Waals surface area contributed by atoms with Crippen molar-refractivity contribution in [2.24, 2.45) is 51.6 Å². The second kappa shape index (κ2) is 10.4. The van der Waals surface area contributed by atoms with Crippen LogP contribution in [0.1, 0.15) is 57.6 Å². The van der Waals surface area contributed by atoms with Crippen LogP contribution in [0.5, 0.6) is 0 Å². The van der Waals surface area contributed by atoms with Crippen LogP contribution in [0.4, 0.5) is 0 Å². The van der Waals surface area contributed by atoms with Crippen LogP contribution in [0.3, 0.4) is 0 Å². The fraction of sp³-hybridized carbons (Fsp3) is 0.629. The standard InChI is InChI=1S/C35H46N4O4/c1-33(42)23-8-10-27-31-28(33)17-30(41)35(31,43)19-25(39-32(36)37-2)9-7-22-13-20(11-12-40)14-24(34(22,27)18-23)16-26-15-21-5-3-4-6-29(21)38-26/h3-6,14-15,20,22-23,25,27-28,30-31,38,40-43H,8,10-13,16-19H2,1-2H3,(H3,36,37,39). The van der Waals surface area contributed by atoms with Crippen molar-refractivity contribution in [1.29, 1.82) is 0 Å². The number of aliphatic imine (C=N–C) groups is 1. The van der Waals surface area contributed by atoms with Crippen molar-refractivity contribution in [1.82, 2.24) is 10.3 Å². The lowest BCUT2D eigenvalue weighted by molar-refractivity contribution is -0.127. The molecule has 6 aliphatic rings. The number of para-hydroxylation sites is 1. The molecule has 4 bridgehead atoms. The third-order valence-electron chi connectivity index (χ3n) is 12.3. The number of allylic oxidation sites excluding steroid dienone is 2. The highest BCUT2D eigenvalue weighted by Gasteiger charge is 2.71. The molecule has 0 radical (unpaired) electrons. The molecule has 1 spiro atoms. The molecule has 0 amide bonds. The summed E-state index contributed by atoms with van der Waals surface area (Å²) in [5.74, 6) is 7.14. The second-order valence-corrected chi connectivity index (χ2v) is 14.3. The Bertz CT molecular complexity index is 1490. The van der Waals surface area contributed by atoms with E-state index in [1.165, 1.54) is 11.0 Å². The smallest absolute Gasteiger partial charge is 0.189 e. The van der Waals surface area contributed by atoms with Crippen LogP contribution in [0, 0.1) is 52.8 Å². The molecule has 0 saturated heterocycles. The summed E-state index contributed by atoms with van der Waals surface area (Å²) >= 11 is 0. The number of H-pyrrole nitrogens is 1. The van der Waals surface area contributed by atoms with E-state index in [2.05, 4.69) is 57.5 Å². The van der Waals surface area contributed by atoms with Gasteiger partial charge in [0.15, 0.2) is 5.96 Å². The van der Waals surface area contributed by atoms with E-state index in [1.54, 1.807) is 7.05 Å². The Morgan fingerprint density at radius 3 is 2.72 bits per heavy atom. The van der Waals surface area contributed by atoms with Crippen molar-refractivity contribution in [2.75, 3.05) is 13.7 Å². The summed E-state index contributed by atoms with van der Waals surface area (Å²) in [5, 5.41) is 51.0. The number of nitrogens with one attached hydrogen (secondary N) is 2. The molecule has 1 heterocycles. The molecule has 43 heavy (non-hydrogen) atoms. The van der Waals surface area contributed by atoms with E-state index in [1.807, 2.05) is 13.0 Å². The first-order valence-corrected chi connectivity index (χ1v) is 16.1. The molecule has 11 unspecified atom stereocenters. The van der Waals surface area contributed by atoms with Crippen LogP contribution < -0.4 is 11.1 Å². The maximum Gasteiger partial charge on any atom is 0.189 e. The number of guanidine groups is 1. The molecule has 1 aromatic carbocycles. The highest BCUT2D eigenvalue weighted by molar-refractivity contribution is 5.80. The number of fused-ring (bicyclic) bond motifs is 2. The van der Waals surface area contributed by atoms with E-state index >= 15 is 0 Å². The third kappa shape index (κ3) is 4.38. The zero-order valence-corrected chi connectivity index (χ0v) is 25.3. The van der Waals surface area contributed by atoms with Gasteiger partial charge in [0.1, 0.15) is 0 Å². The average molecular weight is 587 g/mol. The Hall–Kier alpha value is -2.83. The van der Waals surface area contributed by atoms with Gasteiger partial charge in [-0.25, -0.2) is 0 Å². The lowest BCUT2D eigenvalue weighted by Crippen LogP contribution is -2.56. The number of aromatic amines is 1. The van der Waals surface area contributed by atoms with Crippen molar-refractivity contribution in [3.05, 3.63) is 47.7 Å². The van der Waals surface area contributed by atoms with Crippen LogP contribution in [-0.4, -0.2) is 68.4 Å². The molecule has 8 rings (SSSR count). The summed E-state index contributed by atoms with van der Waals surface area (Å²) in [6.45, 7) is 2.07. The van der Waals surface area contributed by atoms with Gasteiger partial charge in [-0.3, -0.25) is 4.99 Å². The first-order valence-electron chi connectivity index (χ1n) is 16.1. The fourth-order valence-electron chi connectivity index (χ4n) is 10.4. The number of rotatable bonds is 5. The van der Waals surface area contributed by atoms with Crippen molar-refractivity contribution in [2.45, 2.75) is 81.6 Å². The number of aliphatic hydroxyl groups excluding tert-OH is 2. The number of nitrogens with two attached hydrogens (primary N) is 1. The zero-order valence-electron chi connectivity index (χ0n) is 25.3. The van der Waals surface area contributed by atoms with Gasteiger partial charge in [-0.15, -0.1) is 0 Å². The predicted molar refractivity (Wildman–Crippen MR) is 167 cm³/mol. The number of benzene rings is 1. The maximum atomic E-state index is 12.7. The minimum atomic E-state index is -1.44. The Labute approximate surface area is 253 Å². The maximum absolute atomic E-state index is 12.7. The van der Waals surface area contributed by atoms with Gasteiger partial charge in [0.2, 0.25) is 0 Å².